The largest absolute Gasteiger partial charge is 0.383 e. The summed E-state index contributed by atoms with van der Waals surface area (Å²) in [7, 11) is 1.58. The minimum Gasteiger partial charge on any atom is -0.383 e. The number of hydrogen-bond donors (Lipinski definition) is 1. The van der Waals surface area contributed by atoms with Gasteiger partial charge in [-0.25, -0.2) is 0 Å². The first-order valence-electron chi connectivity index (χ1n) is 3.94. The van der Waals surface area contributed by atoms with Crippen LogP contribution in [0.4, 0.5) is 0 Å². The third kappa shape index (κ3) is 2.55. The summed E-state index contributed by atoms with van der Waals surface area (Å²) in [6.07, 6.45) is 1.33. The summed E-state index contributed by atoms with van der Waals surface area (Å²) in [6.45, 7) is 2.70. The average molecular weight is 184 g/mol. The lowest BCUT2D eigenvalue weighted by Crippen LogP contribution is -2.27. The normalized spacial score (nSPS) is 10.0. The molecule has 1 heterocycles. The fourth-order valence-corrected chi connectivity index (χ4v) is 0.872. The van der Waals surface area contributed by atoms with E-state index in [1.165, 1.54) is 6.26 Å². The second kappa shape index (κ2) is 4.61. The van der Waals surface area contributed by atoms with Gasteiger partial charge in [0.05, 0.1) is 12.3 Å². The van der Waals surface area contributed by atoms with E-state index in [9.17, 15) is 4.79 Å². The lowest BCUT2D eigenvalue weighted by atomic mass is 10.2. The lowest BCUT2D eigenvalue weighted by Gasteiger charge is -2.01. The molecule has 0 fully saturated rings. The van der Waals surface area contributed by atoms with Crippen molar-refractivity contribution in [2.75, 3.05) is 20.3 Å². The Bertz CT molecular complexity index is 283. The zero-order valence-corrected chi connectivity index (χ0v) is 7.66. The van der Waals surface area contributed by atoms with Crippen LogP contribution in [0.15, 0.2) is 10.8 Å². The fourth-order valence-electron chi connectivity index (χ4n) is 0.872. The van der Waals surface area contributed by atoms with E-state index in [0.717, 1.165) is 0 Å². The molecule has 1 rings (SSSR count). The van der Waals surface area contributed by atoms with Crippen molar-refractivity contribution in [3.8, 4) is 0 Å². The average Bonchev–Trinajstić information content (AvgIpc) is 2.52. The maximum absolute atomic E-state index is 11.3. The monoisotopic (exact) mass is 184 g/mol. The Kier molecular flexibility index (Phi) is 3.45. The number of amides is 1. The van der Waals surface area contributed by atoms with Crippen molar-refractivity contribution in [2.24, 2.45) is 0 Å². The van der Waals surface area contributed by atoms with Gasteiger partial charge in [0, 0.05) is 13.7 Å². The molecule has 1 aromatic heterocycles. The molecule has 5 nitrogen and oxygen atoms in total. The van der Waals surface area contributed by atoms with Crippen LogP contribution in [0, 0.1) is 6.92 Å². The van der Waals surface area contributed by atoms with Gasteiger partial charge in [-0.1, -0.05) is 5.16 Å². The van der Waals surface area contributed by atoms with E-state index < -0.39 is 0 Å². The molecule has 5 heteroatoms. The molecule has 1 amide bonds. The number of hydrogen-bond acceptors (Lipinski definition) is 4. The third-order valence-electron chi connectivity index (χ3n) is 1.59. The Morgan fingerprint density at radius 3 is 3.08 bits per heavy atom. The van der Waals surface area contributed by atoms with Gasteiger partial charge in [-0.05, 0) is 6.92 Å². The number of carbonyl (C=O) groups excluding carboxylic acids is 1. The second-order valence-electron chi connectivity index (χ2n) is 2.56. The van der Waals surface area contributed by atoms with Gasteiger partial charge < -0.3 is 14.6 Å². The number of nitrogens with one attached hydrogen (secondary N) is 1. The van der Waals surface area contributed by atoms with Gasteiger partial charge in [0.2, 0.25) is 0 Å². The van der Waals surface area contributed by atoms with Crippen molar-refractivity contribution in [1.29, 1.82) is 0 Å². The van der Waals surface area contributed by atoms with Crippen molar-refractivity contribution in [3.63, 3.8) is 0 Å². The van der Waals surface area contributed by atoms with E-state index >= 15 is 0 Å². The molecule has 1 N–H and O–H groups in total. The van der Waals surface area contributed by atoms with Crippen molar-refractivity contribution in [1.82, 2.24) is 10.5 Å². The molecule has 0 spiro atoms. The van der Waals surface area contributed by atoms with Gasteiger partial charge in [-0.3, -0.25) is 4.79 Å². The summed E-state index contributed by atoms with van der Waals surface area (Å²) in [5.41, 5.74) is 1.06. The molecule has 0 radical (unpaired) electrons. The van der Waals surface area contributed by atoms with E-state index in [1.807, 2.05) is 0 Å². The van der Waals surface area contributed by atoms with Crippen LogP contribution in [0.3, 0.4) is 0 Å². The van der Waals surface area contributed by atoms with Crippen molar-refractivity contribution in [2.45, 2.75) is 6.92 Å². The molecule has 0 unspecified atom stereocenters. The Hall–Kier alpha value is -1.36. The first-order valence-corrected chi connectivity index (χ1v) is 3.94. The number of carbonyl (C=O) groups is 1. The first kappa shape index (κ1) is 9.73. The van der Waals surface area contributed by atoms with Crippen molar-refractivity contribution in [3.05, 3.63) is 17.5 Å². The predicted octanol–water partition coefficient (Wildman–Crippen LogP) is 0.359. The standard InChI is InChI=1S/C8H12N2O3/c1-6-7(5-13-10-6)8(11)9-3-4-12-2/h5H,3-4H2,1-2H3,(H,9,11). The van der Waals surface area contributed by atoms with Crippen LogP contribution < -0.4 is 5.32 Å². The van der Waals surface area contributed by atoms with E-state index in [0.29, 0.717) is 24.4 Å². The van der Waals surface area contributed by atoms with Gasteiger partial charge in [-0.2, -0.15) is 0 Å². The van der Waals surface area contributed by atoms with Crippen LogP contribution in [0.1, 0.15) is 16.1 Å². The highest BCUT2D eigenvalue weighted by Crippen LogP contribution is 2.03. The number of rotatable bonds is 4. The zero-order valence-electron chi connectivity index (χ0n) is 7.66. The van der Waals surface area contributed by atoms with Crippen LogP contribution >= 0.6 is 0 Å². The summed E-state index contributed by atoms with van der Waals surface area (Å²) in [4.78, 5) is 11.3. The Labute approximate surface area is 76.0 Å². The summed E-state index contributed by atoms with van der Waals surface area (Å²) in [5, 5.41) is 6.26. The summed E-state index contributed by atoms with van der Waals surface area (Å²) in [6, 6.07) is 0. The smallest absolute Gasteiger partial charge is 0.256 e. The first-order chi connectivity index (χ1) is 6.25. The molecule has 0 aliphatic heterocycles. The predicted molar refractivity (Wildman–Crippen MR) is 45.4 cm³/mol. The van der Waals surface area contributed by atoms with Crippen molar-refractivity contribution >= 4 is 5.91 Å². The minimum absolute atomic E-state index is 0.184. The zero-order chi connectivity index (χ0) is 9.68. The summed E-state index contributed by atoms with van der Waals surface area (Å²) in [5.74, 6) is -0.184. The van der Waals surface area contributed by atoms with Crippen LogP contribution in [0.25, 0.3) is 0 Å². The number of nitrogens with zero attached hydrogens (tertiary/aromatic N) is 1. The SMILES string of the molecule is COCCNC(=O)c1conc1C. The van der Waals surface area contributed by atoms with Gasteiger partial charge in [0.1, 0.15) is 11.8 Å². The number of aryl methyl sites for hydroxylation is 1. The molecule has 72 valence electrons. The van der Waals surface area contributed by atoms with Crippen LogP contribution in [0.5, 0.6) is 0 Å². The molecular formula is C8H12N2O3. The lowest BCUT2D eigenvalue weighted by molar-refractivity contribution is 0.0936. The number of methoxy groups -OCH3 is 1. The molecule has 0 bridgehead atoms. The number of ether oxygens (including phenoxy) is 1. The highest BCUT2D eigenvalue weighted by Gasteiger charge is 2.11. The van der Waals surface area contributed by atoms with Crippen LogP contribution in [-0.2, 0) is 4.74 Å². The van der Waals surface area contributed by atoms with Gasteiger partial charge in [0.15, 0.2) is 0 Å². The maximum Gasteiger partial charge on any atom is 0.256 e. The van der Waals surface area contributed by atoms with Crippen LogP contribution in [-0.4, -0.2) is 31.3 Å². The van der Waals surface area contributed by atoms with E-state index in [-0.39, 0.29) is 5.91 Å². The van der Waals surface area contributed by atoms with E-state index in [4.69, 9.17) is 4.74 Å². The van der Waals surface area contributed by atoms with E-state index in [1.54, 1.807) is 14.0 Å². The Morgan fingerprint density at radius 1 is 1.77 bits per heavy atom. The molecular weight excluding hydrogens is 172 g/mol. The van der Waals surface area contributed by atoms with E-state index in [2.05, 4.69) is 15.0 Å². The molecule has 1 aromatic rings. The molecule has 0 aliphatic carbocycles. The molecule has 13 heavy (non-hydrogen) atoms. The molecule has 0 saturated heterocycles. The highest BCUT2D eigenvalue weighted by molar-refractivity contribution is 5.94. The van der Waals surface area contributed by atoms with Gasteiger partial charge >= 0.3 is 0 Å². The van der Waals surface area contributed by atoms with Gasteiger partial charge in [0.25, 0.3) is 5.91 Å². The summed E-state index contributed by atoms with van der Waals surface area (Å²) < 4.78 is 9.42. The fraction of sp³-hybridized carbons (Fsp3) is 0.500. The minimum atomic E-state index is -0.184. The maximum atomic E-state index is 11.3. The molecule has 0 saturated carbocycles. The molecule has 0 atom stereocenters. The van der Waals surface area contributed by atoms with Gasteiger partial charge in [-0.15, -0.1) is 0 Å². The Balaban J connectivity index is 2.45. The number of aromatic nitrogens is 1. The van der Waals surface area contributed by atoms with Crippen molar-refractivity contribution < 1.29 is 14.1 Å². The topological polar surface area (TPSA) is 64.4 Å². The van der Waals surface area contributed by atoms with Crippen LogP contribution in [0.2, 0.25) is 0 Å². The molecule has 0 aromatic carbocycles. The summed E-state index contributed by atoms with van der Waals surface area (Å²) >= 11 is 0. The second-order valence-corrected chi connectivity index (χ2v) is 2.56. The highest BCUT2D eigenvalue weighted by atomic mass is 16.5. The quantitative estimate of drug-likeness (QED) is 0.686. The third-order valence-corrected chi connectivity index (χ3v) is 1.59. The Morgan fingerprint density at radius 2 is 2.54 bits per heavy atom. The molecule has 0 aliphatic rings.